The highest BCUT2D eigenvalue weighted by atomic mass is 16.4. The van der Waals surface area contributed by atoms with Crippen LogP contribution < -0.4 is 5.32 Å². The molecule has 1 amide bonds. The van der Waals surface area contributed by atoms with Gasteiger partial charge < -0.3 is 14.8 Å². The number of benzene rings is 1. The summed E-state index contributed by atoms with van der Waals surface area (Å²) >= 11 is 0. The highest BCUT2D eigenvalue weighted by Gasteiger charge is 2.27. The van der Waals surface area contributed by atoms with Crippen molar-refractivity contribution in [1.29, 1.82) is 0 Å². The van der Waals surface area contributed by atoms with Crippen molar-refractivity contribution < 1.29 is 19.1 Å². The molecule has 5 nitrogen and oxygen atoms in total. The van der Waals surface area contributed by atoms with E-state index in [1.54, 1.807) is 32.0 Å². The summed E-state index contributed by atoms with van der Waals surface area (Å²) in [7, 11) is 0. The van der Waals surface area contributed by atoms with Crippen LogP contribution in [0.2, 0.25) is 0 Å². The zero-order valence-electron chi connectivity index (χ0n) is 11.9. The quantitative estimate of drug-likeness (QED) is 0.886. The first-order chi connectivity index (χ1) is 10.0. The molecular weight excluding hydrogens is 270 g/mol. The first kappa shape index (κ1) is 14.8. The molecule has 0 aliphatic heterocycles. The molecule has 0 radical (unpaired) electrons. The van der Waals surface area contributed by atoms with Crippen LogP contribution >= 0.6 is 0 Å². The van der Waals surface area contributed by atoms with Crippen LogP contribution in [0.4, 0.5) is 0 Å². The Morgan fingerprint density at radius 1 is 1.19 bits per heavy atom. The van der Waals surface area contributed by atoms with Gasteiger partial charge in [0.15, 0.2) is 0 Å². The van der Waals surface area contributed by atoms with Gasteiger partial charge in [0, 0.05) is 0 Å². The maximum absolute atomic E-state index is 12.3. The molecule has 1 aromatic heterocycles. The Balaban J connectivity index is 2.27. The normalized spacial score (nSPS) is 13.4. The van der Waals surface area contributed by atoms with Gasteiger partial charge in [0.1, 0.15) is 5.76 Å². The molecule has 110 valence electrons. The van der Waals surface area contributed by atoms with Crippen molar-refractivity contribution in [3.05, 3.63) is 59.5 Å². The molecule has 0 spiro atoms. The van der Waals surface area contributed by atoms with E-state index in [0.717, 1.165) is 5.56 Å². The Labute approximate surface area is 122 Å². The SMILES string of the molecule is Cc1occc1C(=O)NC(c1ccccc1)C(C)C(=O)O. The summed E-state index contributed by atoms with van der Waals surface area (Å²) in [6, 6.07) is 10.0. The summed E-state index contributed by atoms with van der Waals surface area (Å²) < 4.78 is 5.10. The first-order valence-corrected chi connectivity index (χ1v) is 6.63. The number of carbonyl (C=O) groups excluding carboxylic acids is 1. The van der Waals surface area contributed by atoms with Gasteiger partial charge in [-0.15, -0.1) is 0 Å². The number of aliphatic carboxylic acids is 1. The van der Waals surface area contributed by atoms with E-state index in [0.29, 0.717) is 11.3 Å². The fraction of sp³-hybridized carbons (Fsp3) is 0.250. The molecule has 2 aromatic rings. The molecule has 1 aromatic carbocycles. The summed E-state index contributed by atoms with van der Waals surface area (Å²) in [4.78, 5) is 23.6. The zero-order chi connectivity index (χ0) is 15.4. The maximum atomic E-state index is 12.3. The Kier molecular flexibility index (Phi) is 4.42. The van der Waals surface area contributed by atoms with Crippen LogP contribution in [0.1, 0.15) is 34.6 Å². The van der Waals surface area contributed by atoms with Crippen LogP contribution in [0.3, 0.4) is 0 Å². The molecule has 0 bridgehead atoms. The van der Waals surface area contributed by atoms with Gasteiger partial charge in [-0.2, -0.15) is 0 Å². The van der Waals surface area contributed by atoms with Gasteiger partial charge in [-0.1, -0.05) is 30.3 Å². The van der Waals surface area contributed by atoms with Crippen LogP contribution in [0.5, 0.6) is 0 Å². The second-order valence-corrected chi connectivity index (χ2v) is 4.88. The van der Waals surface area contributed by atoms with E-state index in [4.69, 9.17) is 4.42 Å². The number of nitrogens with one attached hydrogen (secondary N) is 1. The number of carbonyl (C=O) groups is 2. The van der Waals surface area contributed by atoms with Crippen molar-refractivity contribution in [2.24, 2.45) is 5.92 Å². The topological polar surface area (TPSA) is 79.5 Å². The van der Waals surface area contributed by atoms with Crippen LogP contribution in [0.15, 0.2) is 47.1 Å². The molecule has 2 unspecified atom stereocenters. The van der Waals surface area contributed by atoms with Crippen LogP contribution in [0.25, 0.3) is 0 Å². The molecule has 0 saturated carbocycles. The third kappa shape index (κ3) is 3.31. The molecular formula is C16H17NO4. The second kappa shape index (κ2) is 6.26. The van der Waals surface area contributed by atoms with Crippen molar-refractivity contribution in [3.8, 4) is 0 Å². The Bertz CT molecular complexity index is 633. The number of aryl methyl sites for hydroxylation is 1. The van der Waals surface area contributed by atoms with E-state index in [2.05, 4.69) is 5.32 Å². The lowest BCUT2D eigenvalue weighted by Gasteiger charge is -2.22. The minimum atomic E-state index is -0.965. The highest BCUT2D eigenvalue weighted by Crippen LogP contribution is 2.23. The average molecular weight is 287 g/mol. The fourth-order valence-electron chi connectivity index (χ4n) is 2.14. The Hall–Kier alpha value is -2.56. The van der Waals surface area contributed by atoms with Gasteiger partial charge in [-0.05, 0) is 25.5 Å². The third-order valence-corrected chi connectivity index (χ3v) is 3.44. The van der Waals surface area contributed by atoms with Crippen molar-refractivity contribution in [3.63, 3.8) is 0 Å². The predicted molar refractivity (Wildman–Crippen MR) is 76.9 cm³/mol. The Morgan fingerprint density at radius 3 is 2.38 bits per heavy atom. The molecule has 5 heteroatoms. The van der Waals surface area contributed by atoms with E-state index < -0.39 is 17.9 Å². The van der Waals surface area contributed by atoms with E-state index in [1.807, 2.05) is 18.2 Å². The number of amides is 1. The van der Waals surface area contributed by atoms with E-state index in [-0.39, 0.29) is 5.91 Å². The van der Waals surface area contributed by atoms with E-state index in [9.17, 15) is 14.7 Å². The van der Waals surface area contributed by atoms with Crippen LogP contribution in [-0.4, -0.2) is 17.0 Å². The van der Waals surface area contributed by atoms with Gasteiger partial charge in [0.2, 0.25) is 0 Å². The number of carboxylic acids is 1. The lowest BCUT2D eigenvalue weighted by molar-refractivity contribution is -0.142. The molecule has 2 atom stereocenters. The Morgan fingerprint density at radius 2 is 1.86 bits per heavy atom. The van der Waals surface area contributed by atoms with Crippen molar-refractivity contribution >= 4 is 11.9 Å². The second-order valence-electron chi connectivity index (χ2n) is 4.88. The summed E-state index contributed by atoms with van der Waals surface area (Å²) in [5.74, 6) is -1.55. The number of carboxylic acid groups (broad SMARTS) is 1. The zero-order valence-corrected chi connectivity index (χ0v) is 11.9. The predicted octanol–water partition coefficient (Wildman–Crippen LogP) is 2.78. The summed E-state index contributed by atoms with van der Waals surface area (Å²) in [5.41, 5.74) is 1.16. The molecule has 0 saturated heterocycles. The maximum Gasteiger partial charge on any atom is 0.308 e. The minimum absolute atomic E-state index is 0.344. The first-order valence-electron chi connectivity index (χ1n) is 6.63. The van der Waals surface area contributed by atoms with E-state index >= 15 is 0 Å². The lowest BCUT2D eigenvalue weighted by atomic mass is 9.94. The smallest absolute Gasteiger partial charge is 0.308 e. The monoisotopic (exact) mass is 287 g/mol. The molecule has 0 fully saturated rings. The molecule has 0 aliphatic carbocycles. The molecule has 21 heavy (non-hydrogen) atoms. The molecule has 1 heterocycles. The average Bonchev–Trinajstić information content (AvgIpc) is 2.91. The number of hydrogen-bond acceptors (Lipinski definition) is 3. The van der Waals surface area contributed by atoms with Crippen molar-refractivity contribution in [1.82, 2.24) is 5.32 Å². The third-order valence-electron chi connectivity index (χ3n) is 3.44. The van der Waals surface area contributed by atoms with Crippen LogP contribution in [0, 0.1) is 12.8 Å². The lowest BCUT2D eigenvalue weighted by Crippen LogP contribution is -2.35. The van der Waals surface area contributed by atoms with Crippen molar-refractivity contribution in [2.45, 2.75) is 19.9 Å². The highest BCUT2D eigenvalue weighted by molar-refractivity contribution is 5.95. The van der Waals surface area contributed by atoms with Gasteiger partial charge >= 0.3 is 5.97 Å². The van der Waals surface area contributed by atoms with Crippen molar-refractivity contribution in [2.75, 3.05) is 0 Å². The number of furan rings is 1. The van der Waals surface area contributed by atoms with Gasteiger partial charge in [-0.25, -0.2) is 0 Å². The largest absolute Gasteiger partial charge is 0.481 e. The number of hydrogen-bond donors (Lipinski definition) is 2. The fourth-order valence-corrected chi connectivity index (χ4v) is 2.14. The minimum Gasteiger partial charge on any atom is -0.481 e. The summed E-state index contributed by atoms with van der Waals surface area (Å²) in [6.45, 7) is 3.26. The molecule has 2 rings (SSSR count). The number of rotatable bonds is 5. The standard InChI is InChI=1S/C16H17NO4/c1-10(16(19)20)14(12-6-4-3-5-7-12)17-15(18)13-8-9-21-11(13)2/h3-10,14H,1-2H3,(H,17,18)(H,19,20). The van der Waals surface area contributed by atoms with Gasteiger partial charge in [0.25, 0.3) is 5.91 Å². The molecule has 0 aliphatic rings. The van der Waals surface area contributed by atoms with Crippen LogP contribution in [-0.2, 0) is 4.79 Å². The molecule has 2 N–H and O–H groups in total. The van der Waals surface area contributed by atoms with Gasteiger partial charge in [-0.3, -0.25) is 9.59 Å². The summed E-state index contributed by atoms with van der Waals surface area (Å²) in [6.07, 6.45) is 1.43. The van der Waals surface area contributed by atoms with E-state index in [1.165, 1.54) is 6.26 Å². The van der Waals surface area contributed by atoms with Gasteiger partial charge in [0.05, 0.1) is 23.8 Å². The summed E-state index contributed by atoms with van der Waals surface area (Å²) in [5, 5.41) is 12.0.